The molecular weight excluding hydrogens is 256 g/mol. The molecule has 0 bridgehead atoms. The first-order valence-corrected chi connectivity index (χ1v) is 7.86. The minimum Gasteiger partial charge on any atom is -0.383 e. The van der Waals surface area contributed by atoms with Gasteiger partial charge in [-0.15, -0.1) is 0 Å². The summed E-state index contributed by atoms with van der Waals surface area (Å²) >= 11 is 0. The summed E-state index contributed by atoms with van der Waals surface area (Å²) in [5.41, 5.74) is 0. The molecule has 20 heavy (non-hydrogen) atoms. The Morgan fingerprint density at radius 1 is 1.10 bits per heavy atom. The van der Waals surface area contributed by atoms with Crippen LogP contribution in [0, 0.1) is 0 Å². The van der Waals surface area contributed by atoms with Crippen LogP contribution in [-0.4, -0.2) is 77.3 Å². The van der Waals surface area contributed by atoms with Gasteiger partial charge in [0, 0.05) is 40.4 Å². The number of nitrogens with zero attached hydrogens (tertiary/aromatic N) is 1. The molecule has 1 fully saturated rings. The lowest BCUT2D eigenvalue weighted by molar-refractivity contribution is 0.0137. The summed E-state index contributed by atoms with van der Waals surface area (Å²) in [5, 5.41) is 3.44. The van der Waals surface area contributed by atoms with Gasteiger partial charge in [0.05, 0.1) is 25.4 Å². The third-order valence-corrected chi connectivity index (χ3v) is 3.68. The maximum atomic E-state index is 6.11. The Bertz CT molecular complexity index is 221. The number of methoxy groups -OCH3 is 2. The predicted molar refractivity (Wildman–Crippen MR) is 81.2 cm³/mol. The Morgan fingerprint density at radius 2 is 1.75 bits per heavy atom. The van der Waals surface area contributed by atoms with E-state index in [0.29, 0.717) is 12.2 Å². The largest absolute Gasteiger partial charge is 0.383 e. The van der Waals surface area contributed by atoms with Crippen molar-refractivity contribution in [2.45, 2.75) is 38.4 Å². The highest BCUT2D eigenvalue weighted by molar-refractivity contribution is 4.78. The number of hydrogen-bond donors (Lipinski definition) is 1. The average Bonchev–Trinajstić information content (AvgIpc) is 2.89. The fourth-order valence-electron chi connectivity index (χ4n) is 2.53. The zero-order chi connectivity index (χ0) is 14.6. The van der Waals surface area contributed by atoms with Crippen LogP contribution in [0.25, 0.3) is 0 Å². The van der Waals surface area contributed by atoms with E-state index in [9.17, 15) is 0 Å². The predicted octanol–water partition coefficient (Wildman–Crippen LogP) is 1.13. The lowest BCUT2D eigenvalue weighted by Gasteiger charge is -2.25. The van der Waals surface area contributed by atoms with E-state index in [2.05, 4.69) is 17.1 Å². The Labute approximate surface area is 123 Å². The van der Waals surface area contributed by atoms with Crippen molar-refractivity contribution in [3.05, 3.63) is 0 Å². The zero-order valence-electron chi connectivity index (χ0n) is 13.4. The lowest BCUT2D eigenvalue weighted by Crippen LogP contribution is -2.37. The molecule has 1 saturated heterocycles. The molecule has 5 heteroatoms. The van der Waals surface area contributed by atoms with Crippen molar-refractivity contribution >= 4 is 0 Å². The average molecular weight is 288 g/mol. The molecule has 0 aromatic rings. The highest BCUT2D eigenvalue weighted by Crippen LogP contribution is 2.20. The first kappa shape index (κ1) is 17.9. The summed E-state index contributed by atoms with van der Waals surface area (Å²) in [7, 11) is 3.49. The first-order chi connectivity index (χ1) is 9.80. The highest BCUT2D eigenvalue weighted by atomic mass is 16.5. The Kier molecular flexibility index (Phi) is 10.2. The second-order valence-corrected chi connectivity index (χ2v) is 5.45. The maximum Gasteiger partial charge on any atom is 0.0707 e. The van der Waals surface area contributed by atoms with Crippen molar-refractivity contribution in [1.29, 1.82) is 0 Å². The molecule has 1 heterocycles. The summed E-state index contributed by atoms with van der Waals surface area (Å²) in [6.07, 6.45) is 4.26. The summed E-state index contributed by atoms with van der Waals surface area (Å²) in [5.74, 6) is 0. The second-order valence-electron chi connectivity index (χ2n) is 5.45. The van der Waals surface area contributed by atoms with E-state index in [4.69, 9.17) is 14.2 Å². The van der Waals surface area contributed by atoms with Gasteiger partial charge in [0.2, 0.25) is 0 Å². The Balaban J connectivity index is 2.22. The van der Waals surface area contributed by atoms with Crippen molar-refractivity contribution in [2.24, 2.45) is 0 Å². The SMILES string of the molecule is CCCNCC1CCC(CN(CCOC)CCOC)O1. The number of ether oxygens (including phenoxy) is 3. The molecule has 1 aliphatic rings. The van der Waals surface area contributed by atoms with Crippen molar-refractivity contribution in [3.8, 4) is 0 Å². The van der Waals surface area contributed by atoms with Gasteiger partial charge in [0.15, 0.2) is 0 Å². The van der Waals surface area contributed by atoms with Crippen LogP contribution >= 0.6 is 0 Å². The van der Waals surface area contributed by atoms with Gasteiger partial charge in [-0.2, -0.15) is 0 Å². The third-order valence-electron chi connectivity index (χ3n) is 3.68. The topological polar surface area (TPSA) is 43.0 Å². The van der Waals surface area contributed by atoms with Crippen LogP contribution in [0.5, 0.6) is 0 Å². The molecular formula is C15H32N2O3. The summed E-state index contributed by atoms with van der Waals surface area (Å²) in [4.78, 5) is 2.37. The molecule has 120 valence electrons. The fourth-order valence-corrected chi connectivity index (χ4v) is 2.53. The van der Waals surface area contributed by atoms with E-state index < -0.39 is 0 Å². The van der Waals surface area contributed by atoms with Gasteiger partial charge in [-0.25, -0.2) is 0 Å². The zero-order valence-corrected chi connectivity index (χ0v) is 13.4. The van der Waals surface area contributed by atoms with Crippen molar-refractivity contribution in [2.75, 3.05) is 60.2 Å². The molecule has 0 spiro atoms. The van der Waals surface area contributed by atoms with E-state index in [0.717, 1.165) is 52.4 Å². The minimum atomic E-state index is 0.358. The van der Waals surface area contributed by atoms with Crippen LogP contribution < -0.4 is 5.32 Å². The summed E-state index contributed by atoms with van der Waals surface area (Å²) in [6, 6.07) is 0. The van der Waals surface area contributed by atoms with Crippen LogP contribution in [0.1, 0.15) is 26.2 Å². The van der Waals surface area contributed by atoms with Crippen LogP contribution in [-0.2, 0) is 14.2 Å². The minimum absolute atomic E-state index is 0.358. The number of hydrogen-bond acceptors (Lipinski definition) is 5. The van der Waals surface area contributed by atoms with Crippen molar-refractivity contribution < 1.29 is 14.2 Å². The molecule has 1 N–H and O–H groups in total. The van der Waals surface area contributed by atoms with Crippen molar-refractivity contribution in [1.82, 2.24) is 10.2 Å². The molecule has 1 aliphatic heterocycles. The van der Waals surface area contributed by atoms with Crippen LogP contribution in [0.3, 0.4) is 0 Å². The highest BCUT2D eigenvalue weighted by Gasteiger charge is 2.26. The number of rotatable bonds is 12. The molecule has 0 aliphatic carbocycles. The molecule has 2 unspecified atom stereocenters. The molecule has 1 rings (SSSR count). The van der Waals surface area contributed by atoms with E-state index >= 15 is 0 Å². The van der Waals surface area contributed by atoms with Gasteiger partial charge in [-0.1, -0.05) is 6.92 Å². The third kappa shape index (κ3) is 7.55. The van der Waals surface area contributed by atoms with Crippen molar-refractivity contribution in [3.63, 3.8) is 0 Å². The lowest BCUT2D eigenvalue weighted by atomic mass is 10.2. The van der Waals surface area contributed by atoms with E-state index in [1.807, 2.05) is 0 Å². The quantitative estimate of drug-likeness (QED) is 0.545. The number of nitrogens with one attached hydrogen (secondary N) is 1. The summed E-state index contributed by atoms with van der Waals surface area (Å²) < 4.78 is 16.5. The molecule has 0 aromatic carbocycles. The Morgan fingerprint density at radius 3 is 2.35 bits per heavy atom. The molecule has 2 atom stereocenters. The molecule has 0 amide bonds. The van der Waals surface area contributed by atoms with Gasteiger partial charge in [-0.3, -0.25) is 4.90 Å². The molecule has 0 saturated carbocycles. The summed E-state index contributed by atoms with van der Waals surface area (Å²) in [6.45, 7) is 8.65. The molecule has 5 nitrogen and oxygen atoms in total. The maximum absolute atomic E-state index is 6.11. The van der Waals surface area contributed by atoms with E-state index in [-0.39, 0.29) is 0 Å². The van der Waals surface area contributed by atoms with Crippen LogP contribution in [0.4, 0.5) is 0 Å². The van der Waals surface area contributed by atoms with Gasteiger partial charge in [-0.05, 0) is 25.8 Å². The first-order valence-electron chi connectivity index (χ1n) is 7.86. The van der Waals surface area contributed by atoms with Gasteiger partial charge < -0.3 is 19.5 Å². The standard InChI is InChI=1S/C15H32N2O3/c1-4-7-16-12-14-5-6-15(20-14)13-17(8-10-18-2)9-11-19-3/h14-16H,4-13H2,1-3H3. The van der Waals surface area contributed by atoms with E-state index in [1.54, 1.807) is 14.2 Å². The van der Waals surface area contributed by atoms with Gasteiger partial charge >= 0.3 is 0 Å². The monoisotopic (exact) mass is 288 g/mol. The second kappa shape index (κ2) is 11.5. The van der Waals surface area contributed by atoms with E-state index in [1.165, 1.54) is 12.8 Å². The molecule has 0 aromatic heterocycles. The normalized spacial score (nSPS) is 22.8. The van der Waals surface area contributed by atoms with Crippen LogP contribution in [0.15, 0.2) is 0 Å². The fraction of sp³-hybridized carbons (Fsp3) is 1.00. The van der Waals surface area contributed by atoms with Gasteiger partial charge in [0.25, 0.3) is 0 Å². The van der Waals surface area contributed by atoms with Gasteiger partial charge in [0.1, 0.15) is 0 Å². The molecule has 0 radical (unpaired) electrons. The Hall–Kier alpha value is -0.200. The smallest absolute Gasteiger partial charge is 0.0707 e. The van der Waals surface area contributed by atoms with Crippen LogP contribution in [0.2, 0.25) is 0 Å².